The molecule has 1 aromatic heterocycles. The Hall–Kier alpha value is -1.55. The van der Waals surface area contributed by atoms with E-state index in [2.05, 4.69) is 54.2 Å². The molecule has 1 aromatic carbocycles. The first kappa shape index (κ1) is 15.8. The van der Waals surface area contributed by atoms with Crippen molar-refractivity contribution in [1.82, 2.24) is 9.88 Å². The van der Waals surface area contributed by atoms with Gasteiger partial charge in [-0.25, -0.2) is 0 Å². The van der Waals surface area contributed by atoms with Crippen LogP contribution in [0.1, 0.15) is 48.4 Å². The third kappa shape index (κ3) is 3.76. The maximum atomic E-state index is 12.4. The number of rotatable bonds is 5. The van der Waals surface area contributed by atoms with E-state index in [0.717, 1.165) is 10.9 Å². The molecule has 0 aliphatic heterocycles. The Morgan fingerprint density at radius 3 is 2.57 bits per heavy atom. The molecular formula is C17H21BrN2O. The number of carbonyl (C=O) groups excluding carboxylic acids is 1. The van der Waals surface area contributed by atoms with Gasteiger partial charge in [0.15, 0.2) is 0 Å². The van der Waals surface area contributed by atoms with Crippen LogP contribution in [0.15, 0.2) is 41.0 Å². The molecule has 1 amide bonds. The van der Waals surface area contributed by atoms with E-state index in [0.29, 0.717) is 12.2 Å². The summed E-state index contributed by atoms with van der Waals surface area (Å²) in [7, 11) is 0. The highest BCUT2D eigenvalue weighted by Crippen LogP contribution is 2.19. The van der Waals surface area contributed by atoms with Crippen molar-refractivity contribution >= 4 is 21.8 Å². The zero-order chi connectivity index (χ0) is 15.4. The Morgan fingerprint density at radius 2 is 1.95 bits per heavy atom. The summed E-state index contributed by atoms with van der Waals surface area (Å²) in [6, 6.07) is 10.3. The van der Waals surface area contributed by atoms with E-state index in [1.54, 1.807) is 0 Å². The normalized spacial score (nSPS) is 10.9. The molecule has 0 bridgehead atoms. The number of nitrogens with one attached hydrogen (secondary N) is 1. The fourth-order valence-corrected chi connectivity index (χ4v) is 2.83. The number of amides is 1. The van der Waals surface area contributed by atoms with Gasteiger partial charge in [0.05, 0.1) is 0 Å². The van der Waals surface area contributed by atoms with Crippen LogP contribution >= 0.6 is 15.9 Å². The van der Waals surface area contributed by atoms with E-state index in [1.165, 1.54) is 11.1 Å². The molecular weight excluding hydrogens is 328 g/mol. The van der Waals surface area contributed by atoms with Crippen LogP contribution in [0, 0.1) is 0 Å². The van der Waals surface area contributed by atoms with Gasteiger partial charge in [-0.3, -0.25) is 4.79 Å². The van der Waals surface area contributed by atoms with E-state index in [1.807, 2.05) is 29.0 Å². The highest BCUT2D eigenvalue weighted by Gasteiger charge is 2.15. The molecule has 112 valence electrons. The molecule has 0 atom stereocenters. The van der Waals surface area contributed by atoms with Crippen molar-refractivity contribution in [2.24, 2.45) is 0 Å². The van der Waals surface area contributed by atoms with Crippen LogP contribution in [0.2, 0.25) is 0 Å². The summed E-state index contributed by atoms with van der Waals surface area (Å²) in [5, 5.41) is 3.02. The van der Waals surface area contributed by atoms with Gasteiger partial charge in [-0.1, -0.05) is 31.2 Å². The van der Waals surface area contributed by atoms with Crippen molar-refractivity contribution in [3.63, 3.8) is 0 Å². The molecule has 0 radical (unpaired) electrons. The van der Waals surface area contributed by atoms with Gasteiger partial charge in [-0.2, -0.15) is 0 Å². The van der Waals surface area contributed by atoms with E-state index in [4.69, 9.17) is 0 Å². The number of carbonyl (C=O) groups is 1. The summed E-state index contributed by atoms with van der Waals surface area (Å²) >= 11 is 3.44. The van der Waals surface area contributed by atoms with Gasteiger partial charge < -0.3 is 9.88 Å². The molecule has 3 nitrogen and oxygen atoms in total. The van der Waals surface area contributed by atoms with Gasteiger partial charge in [0, 0.05) is 23.3 Å². The molecule has 2 aromatic rings. The molecule has 0 saturated carbocycles. The lowest BCUT2D eigenvalue weighted by Gasteiger charge is -2.13. The third-order valence-electron chi connectivity index (χ3n) is 3.54. The Bertz CT molecular complexity index is 631. The minimum absolute atomic E-state index is 0.0414. The molecule has 0 spiro atoms. The number of hydrogen-bond donors (Lipinski definition) is 1. The predicted octanol–water partition coefficient (Wildman–Crippen LogP) is 4.32. The first-order chi connectivity index (χ1) is 10.0. The highest BCUT2D eigenvalue weighted by atomic mass is 79.9. The monoisotopic (exact) mass is 348 g/mol. The van der Waals surface area contributed by atoms with Crippen LogP contribution in [0.3, 0.4) is 0 Å². The standard InChI is InChI=1S/C17H21BrN2O/c1-4-13-7-5-6-8-14(13)10-19-17(21)16-9-15(18)11-20(16)12(2)3/h5-9,11-12H,4,10H2,1-3H3,(H,19,21). The molecule has 1 N–H and O–H groups in total. The van der Waals surface area contributed by atoms with Crippen molar-refractivity contribution in [1.29, 1.82) is 0 Å². The molecule has 0 aliphatic carbocycles. The molecule has 1 heterocycles. The number of aryl methyl sites for hydroxylation is 1. The summed E-state index contributed by atoms with van der Waals surface area (Å²) in [6.07, 6.45) is 2.92. The number of benzene rings is 1. The van der Waals surface area contributed by atoms with Crippen LogP contribution in [0.25, 0.3) is 0 Å². The average Bonchev–Trinajstić information content (AvgIpc) is 2.87. The van der Waals surface area contributed by atoms with Gasteiger partial charge in [-0.05, 0) is 53.4 Å². The Morgan fingerprint density at radius 1 is 1.29 bits per heavy atom. The molecule has 21 heavy (non-hydrogen) atoms. The maximum absolute atomic E-state index is 12.4. The zero-order valence-corrected chi connectivity index (χ0v) is 14.3. The number of aromatic nitrogens is 1. The average molecular weight is 349 g/mol. The molecule has 0 aliphatic rings. The van der Waals surface area contributed by atoms with Gasteiger partial charge in [-0.15, -0.1) is 0 Å². The van der Waals surface area contributed by atoms with E-state index in [9.17, 15) is 4.79 Å². The van der Waals surface area contributed by atoms with Crippen LogP contribution in [-0.2, 0) is 13.0 Å². The Kier molecular flexibility index (Phi) is 5.23. The lowest BCUT2D eigenvalue weighted by molar-refractivity contribution is 0.0940. The Labute approximate surface area is 134 Å². The molecule has 2 rings (SSSR count). The van der Waals surface area contributed by atoms with Crippen LogP contribution < -0.4 is 5.32 Å². The van der Waals surface area contributed by atoms with Gasteiger partial charge in [0.2, 0.25) is 0 Å². The zero-order valence-electron chi connectivity index (χ0n) is 12.7. The summed E-state index contributed by atoms with van der Waals surface area (Å²) in [6.45, 7) is 6.82. The fraction of sp³-hybridized carbons (Fsp3) is 0.353. The number of halogens is 1. The fourth-order valence-electron chi connectivity index (χ4n) is 2.40. The van der Waals surface area contributed by atoms with Gasteiger partial charge in [0.1, 0.15) is 5.69 Å². The van der Waals surface area contributed by atoms with Crippen LogP contribution in [-0.4, -0.2) is 10.5 Å². The summed E-state index contributed by atoms with van der Waals surface area (Å²) in [5.41, 5.74) is 3.14. The molecule has 0 saturated heterocycles. The smallest absolute Gasteiger partial charge is 0.268 e. The van der Waals surface area contributed by atoms with Crippen molar-refractivity contribution in [2.75, 3.05) is 0 Å². The van der Waals surface area contributed by atoms with E-state index < -0.39 is 0 Å². The lowest BCUT2D eigenvalue weighted by atomic mass is 10.1. The molecule has 4 heteroatoms. The summed E-state index contributed by atoms with van der Waals surface area (Å²) in [5.74, 6) is -0.0414. The predicted molar refractivity (Wildman–Crippen MR) is 89.5 cm³/mol. The van der Waals surface area contributed by atoms with Crippen molar-refractivity contribution < 1.29 is 4.79 Å². The summed E-state index contributed by atoms with van der Waals surface area (Å²) < 4.78 is 2.90. The van der Waals surface area contributed by atoms with Gasteiger partial charge in [0.25, 0.3) is 5.91 Å². The quantitative estimate of drug-likeness (QED) is 0.857. The first-order valence-corrected chi connectivity index (χ1v) is 8.04. The topological polar surface area (TPSA) is 34.0 Å². The van der Waals surface area contributed by atoms with Crippen molar-refractivity contribution in [3.8, 4) is 0 Å². The van der Waals surface area contributed by atoms with Crippen molar-refractivity contribution in [3.05, 3.63) is 57.8 Å². The highest BCUT2D eigenvalue weighted by molar-refractivity contribution is 9.10. The SMILES string of the molecule is CCc1ccccc1CNC(=O)c1cc(Br)cn1C(C)C. The Balaban J connectivity index is 2.12. The minimum atomic E-state index is -0.0414. The van der Waals surface area contributed by atoms with Crippen molar-refractivity contribution in [2.45, 2.75) is 39.8 Å². The second kappa shape index (κ2) is 6.94. The minimum Gasteiger partial charge on any atom is -0.347 e. The molecule has 0 unspecified atom stereocenters. The largest absolute Gasteiger partial charge is 0.347 e. The lowest BCUT2D eigenvalue weighted by Crippen LogP contribution is -2.26. The molecule has 0 fully saturated rings. The van der Waals surface area contributed by atoms with E-state index >= 15 is 0 Å². The van der Waals surface area contributed by atoms with Gasteiger partial charge >= 0.3 is 0 Å². The maximum Gasteiger partial charge on any atom is 0.268 e. The first-order valence-electron chi connectivity index (χ1n) is 7.25. The third-order valence-corrected chi connectivity index (χ3v) is 3.98. The second-order valence-corrected chi connectivity index (χ2v) is 6.27. The summed E-state index contributed by atoms with van der Waals surface area (Å²) in [4.78, 5) is 12.4. The number of nitrogens with zero attached hydrogens (tertiary/aromatic N) is 1. The number of hydrogen-bond acceptors (Lipinski definition) is 1. The van der Waals surface area contributed by atoms with Crippen LogP contribution in [0.5, 0.6) is 0 Å². The van der Waals surface area contributed by atoms with Crippen LogP contribution in [0.4, 0.5) is 0 Å². The second-order valence-electron chi connectivity index (χ2n) is 5.35. The van der Waals surface area contributed by atoms with E-state index in [-0.39, 0.29) is 11.9 Å².